The quantitative estimate of drug-likeness (QED) is 0.521. The van der Waals surface area contributed by atoms with Gasteiger partial charge in [0.2, 0.25) is 0 Å². The van der Waals surface area contributed by atoms with E-state index in [1.165, 1.54) is 16.4 Å². The van der Waals surface area contributed by atoms with Crippen LogP contribution >= 0.6 is 22.6 Å². The Labute approximate surface area is 174 Å². The molecule has 0 spiro atoms. The highest BCUT2D eigenvalue weighted by atomic mass is 127. The molecule has 0 aliphatic carbocycles. The Morgan fingerprint density at radius 3 is 2.32 bits per heavy atom. The van der Waals surface area contributed by atoms with Gasteiger partial charge in [0.1, 0.15) is 11.5 Å². The second kappa shape index (κ2) is 8.43. The highest BCUT2D eigenvalue weighted by Crippen LogP contribution is 2.33. The van der Waals surface area contributed by atoms with Crippen molar-refractivity contribution in [2.75, 3.05) is 23.1 Å². The first-order chi connectivity index (χ1) is 13.2. The zero-order valence-electron chi connectivity index (χ0n) is 14.6. The summed E-state index contributed by atoms with van der Waals surface area (Å²) in [7, 11) is -4.02. The first-order valence-electron chi connectivity index (χ1n) is 8.41. The van der Waals surface area contributed by atoms with Crippen LogP contribution in [0.15, 0.2) is 30.3 Å². The molecule has 2 aromatic carbocycles. The lowest BCUT2D eigenvalue weighted by Gasteiger charge is -2.29. The van der Waals surface area contributed by atoms with Crippen LogP contribution in [0.25, 0.3) is 0 Å². The Morgan fingerprint density at radius 1 is 1.04 bits per heavy atom. The molecule has 0 unspecified atom stereocenters. The van der Waals surface area contributed by atoms with E-state index in [2.05, 4.69) is 10.0 Å². The number of nitrogens with zero attached hydrogens (tertiary/aromatic N) is 1. The zero-order chi connectivity index (χ0) is 20.5. The molecule has 0 amide bonds. The lowest BCUT2D eigenvalue weighted by Crippen LogP contribution is -2.45. The van der Waals surface area contributed by atoms with Crippen molar-refractivity contribution in [2.45, 2.75) is 18.9 Å². The summed E-state index contributed by atoms with van der Waals surface area (Å²) in [5.41, 5.74) is 4.94. The Hall–Kier alpha value is -1.57. The van der Waals surface area contributed by atoms with Gasteiger partial charge < -0.3 is 11.1 Å². The van der Waals surface area contributed by atoms with Crippen molar-refractivity contribution in [2.24, 2.45) is 5.73 Å². The van der Waals surface area contributed by atoms with Crippen molar-refractivity contribution in [1.29, 1.82) is 0 Å². The lowest BCUT2D eigenvalue weighted by atomic mass is 10.1. The van der Waals surface area contributed by atoms with Crippen molar-refractivity contribution in [3.63, 3.8) is 0 Å². The molecule has 0 saturated carbocycles. The maximum absolute atomic E-state index is 14.4. The number of anilines is 3. The fourth-order valence-electron chi connectivity index (χ4n) is 2.80. The van der Waals surface area contributed by atoms with Crippen LogP contribution in [0.3, 0.4) is 0 Å². The number of nitrogens with one attached hydrogen (secondary N) is 2. The molecule has 0 radical (unpaired) electrons. The fraction of sp³-hybridized carbons (Fsp3) is 0.294. The average Bonchev–Trinajstić information content (AvgIpc) is 2.63. The summed E-state index contributed by atoms with van der Waals surface area (Å²) < 4.78 is 71.6. The first-order valence-corrected chi connectivity index (χ1v) is 10.9. The van der Waals surface area contributed by atoms with Crippen molar-refractivity contribution >= 4 is 49.9 Å². The Kier molecular flexibility index (Phi) is 6.37. The van der Waals surface area contributed by atoms with Gasteiger partial charge in [-0.1, -0.05) is 0 Å². The highest BCUT2D eigenvalue weighted by Gasteiger charge is 2.28. The molecule has 4 N–H and O–H groups in total. The van der Waals surface area contributed by atoms with Crippen molar-refractivity contribution in [3.05, 3.63) is 51.4 Å². The molecule has 1 saturated heterocycles. The van der Waals surface area contributed by atoms with Gasteiger partial charge in [-0.2, -0.15) is 12.7 Å². The van der Waals surface area contributed by atoms with E-state index in [9.17, 15) is 21.6 Å². The van der Waals surface area contributed by atoms with E-state index in [0.29, 0.717) is 16.4 Å². The molecule has 11 heteroatoms. The van der Waals surface area contributed by atoms with Crippen LogP contribution in [0.2, 0.25) is 0 Å². The van der Waals surface area contributed by atoms with E-state index in [1.807, 2.05) is 22.6 Å². The normalized spacial score (nSPS) is 16.2. The van der Waals surface area contributed by atoms with Gasteiger partial charge in [-0.05, 0) is 65.8 Å². The van der Waals surface area contributed by atoms with E-state index in [0.717, 1.165) is 12.1 Å². The van der Waals surface area contributed by atoms with Crippen LogP contribution in [-0.2, 0) is 10.2 Å². The number of piperidine rings is 1. The molecule has 152 valence electrons. The second-order valence-corrected chi connectivity index (χ2v) is 9.29. The molecule has 3 rings (SSSR count). The van der Waals surface area contributed by atoms with Crippen LogP contribution in [0.4, 0.5) is 30.2 Å². The van der Waals surface area contributed by atoms with E-state index >= 15 is 0 Å². The van der Waals surface area contributed by atoms with Crippen LogP contribution in [0.5, 0.6) is 0 Å². The van der Waals surface area contributed by atoms with Gasteiger partial charge in [-0.15, -0.1) is 0 Å². The molecule has 1 aliphatic heterocycles. The average molecular weight is 526 g/mol. The third-order valence-electron chi connectivity index (χ3n) is 4.36. The molecule has 1 fully saturated rings. The van der Waals surface area contributed by atoms with Gasteiger partial charge in [0, 0.05) is 22.7 Å². The van der Waals surface area contributed by atoms with Crippen molar-refractivity contribution < 1.29 is 21.6 Å². The molecule has 0 bridgehead atoms. The summed E-state index contributed by atoms with van der Waals surface area (Å²) in [6.07, 6.45) is 0.995. The maximum atomic E-state index is 14.4. The van der Waals surface area contributed by atoms with Gasteiger partial charge in [-0.3, -0.25) is 4.72 Å². The predicted octanol–water partition coefficient (Wildman–Crippen LogP) is 3.53. The highest BCUT2D eigenvalue weighted by molar-refractivity contribution is 14.1. The van der Waals surface area contributed by atoms with E-state index in [-0.39, 0.29) is 30.5 Å². The predicted molar refractivity (Wildman–Crippen MR) is 110 cm³/mol. The number of rotatable bonds is 5. The van der Waals surface area contributed by atoms with Crippen molar-refractivity contribution in [3.8, 4) is 0 Å². The van der Waals surface area contributed by atoms with Gasteiger partial charge in [0.25, 0.3) is 0 Å². The molecule has 1 heterocycles. The molecule has 1 aliphatic rings. The standard InChI is InChI=1S/C17H18F3IN4O2S/c18-12-2-4-15(24-28(26,27)25-7-5-11(22)6-8-25)17(16(12)20)23-14-3-1-10(21)9-13(14)19/h1-4,9,11,23-24H,5-8,22H2. The van der Waals surface area contributed by atoms with Gasteiger partial charge in [-0.25, -0.2) is 13.2 Å². The maximum Gasteiger partial charge on any atom is 0.301 e. The monoisotopic (exact) mass is 526 g/mol. The topological polar surface area (TPSA) is 87.5 Å². The minimum atomic E-state index is -4.02. The molecule has 0 atom stereocenters. The van der Waals surface area contributed by atoms with Crippen LogP contribution in [0.1, 0.15) is 12.8 Å². The van der Waals surface area contributed by atoms with E-state index < -0.39 is 33.3 Å². The number of benzene rings is 2. The molecular formula is C17H18F3IN4O2S. The summed E-state index contributed by atoms with van der Waals surface area (Å²) >= 11 is 1.91. The van der Waals surface area contributed by atoms with Crippen LogP contribution < -0.4 is 15.8 Å². The fourth-order valence-corrected chi connectivity index (χ4v) is 4.52. The largest absolute Gasteiger partial charge is 0.349 e. The summed E-state index contributed by atoms with van der Waals surface area (Å²) in [6, 6.07) is 5.94. The smallest absolute Gasteiger partial charge is 0.301 e. The first kappa shape index (κ1) is 21.1. The van der Waals surface area contributed by atoms with Crippen LogP contribution in [-0.4, -0.2) is 31.9 Å². The molecular weight excluding hydrogens is 508 g/mol. The summed E-state index contributed by atoms with van der Waals surface area (Å²) in [4.78, 5) is 0. The van der Waals surface area contributed by atoms with Gasteiger partial charge in [0.05, 0.1) is 11.4 Å². The molecule has 28 heavy (non-hydrogen) atoms. The Bertz CT molecular complexity index is 983. The number of hydrogen-bond acceptors (Lipinski definition) is 4. The lowest BCUT2D eigenvalue weighted by molar-refractivity contribution is 0.322. The third-order valence-corrected chi connectivity index (χ3v) is 6.56. The number of nitrogens with two attached hydrogens (primary N) is 1. The van der Waals surface area contributed by atoms with Gasteiger partial charge in [0.15, 0.2) is 11.6 Å². The second-order valence-electron chi connectivity index (χ2n) is 6.38. The molecule has 0 aromatic heterocycles. The molecule has 2 aromatic rings. The zero-order valence-corrected chi connectivity index (χ0v) is 17.5. The summed E-state index contributed by atoms with van der Waals surface area (Å²) in [5.74, 6) is -3.20. The van der Waals surface area contributed by atoms with E-state index in [4.69, 9.17) is 5.73 Å². The summed E-state index contributed by atoms with van der Waals surface area (Å²) in [5, 5.41) is 2.45. The molecule has 6 nitrogen and oxygen atoms in total. The minimum absolute atomic E-state index is 0.0733. The van der Waals surface area contributed by atoms with Crippen molar-refractivity contribution in [1.82, 2.24) is 4.31 Å². The van der Waals surface area contributed by atoms with Crippen LogP contribution in [0, 0.1) is 21.0 Å². The SMILES string of the molecule is NC1CCN(S(=O)(=O)Nc2ccc(F)c(F)c2Nc2ccc(I)cc2F)CC1. The third kappa shape index (κ3) is 4.70. The number of halogens is 4. The Morgan fingerprint density at radius 2 is 1.68 bits per heavy atom. The summed E-state index contributed by atoms with van der Waals surface area (Å²) in [6.45, 7) is 0.434. The van der Waals surface area contributed by atoms with Gasteiger partial charge >= 0.3 is 10.2 Å². The van der Waals surface area contributed by atoms with E-state index in [1.54, 1.807) is 6.07 Å². The minimum Gasteiger partial charge on any atom is -0.349 e. The Balaban J connectivity index is 1.92. The number of hydrogen-bond donors (Lipinski definition) is 3.